The first-order chi connectivity index (χ1) is 17.6. The highest BCUT2D eigenvalue weighted by molar-refractivity contribution is 7.90. The van der Waals surface area contributed by atoms with E-state index in [0.29, 0.717) is 29.1 Å². The quantitative estimate of drug-likeness (QED) is 0.299. The Morgan fingerprint density at radius 1 is 1.14 bits per heavy atom. The average molecular weight is 545 g/mol. The number of nitrogens with one attached hydrogen (secondary N) is 1. The SMILES string of the molecule is CC(=O)NC[C@H](C)c1cn(S(=O)(=O)c2ccc(C)cc2)c2cc(Cl)c(OCCOc3ccn(C)n3)cc12. The van der Waals surface area contributed by atoms with E-state index >= 15 is 0 Å². The van der Waals surface area contributed by atoms with E-state index in [0.717, 1.165) is 11.1 Å². The minimum Gasteiger partial charge on any atom is -0.488 e. The van der Waals surface area contributed by atoms with Crippen molar-refractivity contribution < 1.29 is 22.7 Å². The van der Waals surface area contributed by atoms with Crippen molar-refractivity contribution in [2.24, 2.45) is 7.05 Å². The second kappa shape index (κ2) is 10.9. The fourth-order valence-corrected chi connectivity index (χ4v) is 5.51. The van der Waals surface area contributed by atoms with E-state index in [9.17, 15) is 13.2 Å². The first-order valence-corrected chi connectivity index (χ1v) is 13.5. The highest BCUT2D eigenvalue weighted by Crippen LogP contribution is 2.37. The number of aryl methyl sites for hydroxylation is 2. The van der Waals surface area contributed by atoms with Crippen LogP contribution in [0.15, 0.2) is 59.8 Å². The number of carbonyl (C=O) groups is 1. The van der Waals surface area contributed by atoms with Crippen LogP contribution >= 0.6 is 11.6 Å². The Morgan fingerprint density at radius 3 is 2.49 bits per heavy atom. The zero-order chi connectivity index (χ0) is 26.7. The van der Waals surface area contributed by atoms with E-state index in [1.165, 1.54) is 10.9 Å². The Balaban J connectivity index is 1.69. The summed E-state index contributed by atoms with van der Waals surface area (Å²) < 4.78 is 41.5. The predicted octanol–water partition coefficient (Wildman–Crippen LogP) is 4.27. The normalized spacial score (nSPS) is 12.5. The molecule has 196 valence electrons. The van der Waals surface area contributed by atoms with Crippen molar-refractivity contribution in [2.75, 3.05) is 19.8 Å². The molecule has 4 rings (SSSR count). The molecule has 0 aliphatic heterocycles. The molecule has 2 aromatic heterocycles. The molecule has 1 atom stereocenters. The van der Waals surface area contributed by atoms with Crippen molar-refractivity contribution >= 4 is 38.4 Å². The van der Waals surface area contributed by atoms with Gasteiger partial charge < -0.3 is 14.8 Å². The highest BCUT2D eigenvalue weighted by Gasteiger charge is 2.25. The molecule has 0 aliphatic rings. The Bertz CT molecular complexity index is 1530. The molecule has 0 spiro atoms. The highest BCUT2D eigenvalue weighted by atomic mass is 35.5. The monoisotopic (exact) mass is 544 g/mol. The smallest absolute Gasteiger partial charge is 0.268 e. The maximum atomic E-state index is 13.6. The first-order valence-electron chi connectivity index (χ1n) is 11.7. The van der Waals surface area contributed by atoms with Gasteiger partial charge in [0.2, 0.25) is 11.8 Å². The third-order valence-electron chi connectivity index (χ3n) is 5.90. The first kappa shape index (κ1) is 26.6. The summed E-state index contributed by atoms with van der Waals surface area (Å²) in [5, 5.41) is 7.89. The van der Waals surface area contributed by atoms with Crippen LogP contribution in [0.2, 0.25) is 5.02 Å². The lowest BCUT2D eigenvalue weighted by Gasteiger charge is -2.12. The van der Waals surface area contributed by atoms with Crippen LogP contribution in [0.1, 0.15) is 30.9 Å². The zero-order valence-electron chi connectivity index (χ0n) is 21.1. The number of amides is 1. The topological polar surface area (TPSA) is 104 Å². The number of ether oxygens (including phenoxy) is 2. The van der Waals surface area contributed by atoms with E-state index in [4.69, 9.17) is 21.1 Å². The Morgan fingerprint density at radius 2 is 1.84 bits per heavy atom. The molecule has 2 heterocycles. The van der Waals surface area contributed by atoms with Gasteiger partial charge in [0.05, 0.1) is 15.4 Å². The Kier molecular flexibility index (Phi) is 7.79. The number of fused-ring (bicyclic) bond motifs is 1. The van der Waals surface area contributed by atoms with Crippen LogP contribution in [0.3, 0.4) is 0 Å². The summed E-state index contributed by atoms with van der Waals surface area (Å²) in [6, 6.07) is 11.7. The number of carbonyl (C=O) groups excluding carboxylic acids is 1. The maximum absolute atomic E-state index is 13.6. The minimum atomic E-state index is -3.90. The molecule has 0 bridgehead atoms. The van der Waals surface area contributed by atoms with Gasteiger partial charge in [0.1, 0.15) is 19.0 Å². The van der Waals surface area contributed by atoms with Crippen molar-refractivity contribution in [1.82, 2.24) is 19.1 Å². The van der Waals surface area contributed by atoms with Gasteiger partial charge in [0.25, 0.3) is 10.0 Å². The molecule has 4 aromatic rings. The van der Waals surface area contributed by atoms with Crippen LogP contribution < -0.4 is 14.8 Å². The van der Waals surface area contributed by atoms with Crippen LogP contribution in [0, 0.1) is 6.92 Å². The van der Waals surface area contributed by atoms with Crippen molar-refractivity contribution in [1.29, 1.82) is 0 Å². The fourth-order valence-electron chi connectivity index (χ4n) is 3.92. The van der Waals surface area contributed by atoms with Gasteiger partial charge >= 0.3 is 0 Å². The summed E-state index contributed by atoms with van der Waals surface area (Å²) in [6.07, 6.45) is 3.37. The van der Waals surface area contributed by atoms with Crippen LogP contribution in [0.25, 0.3) is 10.9 Å². The summed E-state index contributed by atoms with van der Waals surface area (Å²) in [5.74, 6) is 0.544. The molecule has 9 nitrogen and oxygen atoms in total. The number of hydrogen-bond acceptors (Lipinski definition) is 6. The van der Waals surface area contributed by atoms with E-state index in [1.807, 2.05) is 13.8 Å². The van der Waals surface area contributed by atoms with Crippen molar-refractivity contribution in [3.05, 3.63) is 71.0 Å². The summed E-state index contributed by atoms with van der Waals surface area (Å²) in [6.45, 7) is 6.06. The van der Waals surface area contributed by atoms with Gasteiger partial charge in [-0.1, -0.05) is 36.2 Å². The van der Waals surface area contributed by atoms with Gasteiger partial charge in [-0.15, -0.1) is 5.10 Å². The number of aromatic nitrogens is 3. The van der Waals surface area contributed by atoms with Gasteiger partial charge in [-0.25, -0.2) is 12.4 Å². The summed E-state index contributed by atoms with van der Waals surface area (Å²) in [7, 11) is -2.10. The summed E-state index contributed by atoms with van der Waals surface area (Å²) in [5.41, 5.74) is 2.12. The standard InChI is InChI=1S/C26H29ClN4O5S/c1-17-5-7-20(8-6-17)37(33,34)31-16-22(18(2)15-28-19(3)32)21-13-25(23(27)14-24(21)31)35-11-12-36-26-9-10-30(4)29-26/h5-10,13-14,16,18H,11-12,15H2,1-4H3,(H,28,32)/t18-/m0/s1. The lowest BCUT2D eigenvalue weighted by atomic mass is 10.0. The van der Waals surface area contributed by atoms with Crippen LogP contribution in [0.5, 0.6) is 11.6 Å². The number of halogens is 1. The molecule has 0 saturated carbocycles. The van der Waals surface area contributed by atoms with Gasteiger partial charge in [-0.2, -0.15) is 0 Å². The lowest BCUT2D eigenvalue weighted by Crippen LogP contribution is -2.24. The van der Waals surface area contributed by atoms with E-state index in [2.05, 4.69) is 10.4 Å². The second-order valence-corrected chi connectivity index (χ2v) is 11.1. The minimum absolute atomic E-state index is 0.164. The predicted molar refractivity (Wildman–Crippen MR) is 142 cm³/mol. The van der Waals surface area contributed by atoms with Crippen molar-refractivity contribution in [2.45, 2.75) is 31.6 Å². The second-order valence-electron chi connectivity index (χ2n) is 8.86. The van der Waals surface area contributed by atoms with Gasteiger partial charge in [-0.3, -0.25) is 9.48 Å². The Labute approximate surface area is 221 Å². The molecular formula is C26H29ClN4O5S. The number of hydrogen-bond donors (Lipinski definition) is 1. The maximum Gasteiger partial charge on any atom is 0.268 e. The fraction of sp³-hybridized carbons (Fsp3) is 0.308. The zero-order valence-corrected chi connectivity index (χ0v) is 22.6. The summed E-state index contributed by atoms with van der Waals surface area (Å²) >= 11 is 6.54. The third-order valence-corrected chi connectivity index (χ3v) is 7.88. The van der Waals surface area contributed by atoms with Crippen molar-refractivity contribution in [3.63, 3.8) is 0 Å². The van der Waals surface area contributed by atoms with E-state index in [1.54, 1.807) is 66.6 Å². The van der Waals surface area contributed by atoms with E-state index in [-0.39, 0.29) is 35.0 Å². The van der Waals surface area contributed by atoms with Gasteiger partial charge in [0.15, 0.2) is 0 Å². The molecule has 1 amide bonds. The van der Waals surface area contributed by atoms with Crippen LogP contribution in [-0.2, 0) is 21.9 Å². The number of nitrogens with zero attached hydrogens (tertiary/aromatic N) is 3. The third kappa shape index (κ3) is 5.91. The molecule has 0 aliphatic carbocycles. The van der Waals surface area contributed by atoms with Gasteiger partial charge in [-0.05, 0) is 36.8 Å². The molecule has 0 fully saturated rings. The molecule has 2 aromatic carbocycles. The molecule has 11 heteroatoms. The molecular weight excluding hydrogens is 516 g/mol. The lowest BCUT2D eigenvalue weighted by molar-refractivity contribution is -0.119. The Hall–Kier alpha value is -3.50. The molecule has 0 unspecified atom stereocenters. The molecule has 1 N–H and O–H groups in total. The summed E-state index contributed by atoms with van der Waals surface area (Å²) in [4.78, 5) is 11.7. The molecule has 0 radical (unpaired) electrons. The molecule has 0 saturated heterocycles. The molecule has 37 heavy (non-hydrogen) atoms. The number of benzene rings is 2. The average Bonchev–Trinajstić information content (AvgIpc) is 3.44. The van der Waals surface area contributed by atoms with Crippen LogP contribution in [-0.4, -0.2) is 47.8 Å². The van der Waals surface area contributed by atoms with E-state index < -0.39 is 10.0 Å². The van der Waals surface area contributed by atoms with Gasteiger partial charge in [0, 0.05) is 50.3 Å². The van der Waals surface area contributed by atoms with Crippen LogP contribution in [0.4, 0.5) is 0 Å². The largest absolute Gasteiger partial charge is 0.488 e. The van der Waals surface area contributed by atoms with Crippen molar-refractivity contribution in [3.8, 4) is 11.6 Å². The number of rotatable bonds is 10.